The van der Waals surface area contributed by atoms with Crippen LogP contribution in [0.3, 0.4) is 0 Å². The number of hydrogen-bond acceptors (Lipinski definition) is 3. The highest BCUT2D eigenvalue weighted by molar-refractivity contribution is 9.10. The van der Waals surface area contributed by atoms with Crippen LogP contribution in [0.1, 0.15) is 37.8 Å². The Balaban J connectivity index is 2.07. The largest absolute Gasteiger partial charge is 0.377 e. The summed E-state index contributed by atoms with van der Waals surface area (Å²) < 4.78 is 20.1. The fourth-order valence-corrected chi connectivity index (χ4v) is 3.13. The van der Waals surface area contributed by atoms with Crippen LogP contribution in [0.2, 0.25) is 0 Å². The van der Waals surface area contributed by atoms with Crippen LogP contribution in [0.5, 0.6) is 0 Å². The van der Waals surface area contributed by atoms with Crippen LogP contribution in [0.15, 0.2) is 22.7 Å². The molecule has 2 unspecified atom stereocenters. The molecule has 1 aromatic rings. The van der Waals surface area contributed by atoms with Gasteiger partial charge in [0, 0.05) is 25.7 Å². The zero-order valence-electron chi connectivity index (χ0n) is 12.5. The number of hydrogen-bond donors (Lipinski definition) is 1. The fraction of sp³-hybridized carbons (Fsp3) is 0.625. The molecule has 2 N–H and O–H groups in total. The molecule has 0 aliphatic carbocycles. The second kappa shape index (κ2) is 8.22. The molecule has 0 radical (unpaired) electrons. The zero-order valence-corrected chi connectivity index (χ0v) is 14.1. The third-order valence-electron chi connectivity index (χ3n) is 3.96. The first-order chi connectivity index (χ1) is 10.2. The second-order valence-corrected chi connectivity index (χ2v) is 6.41. The topological polar surface area (TPSA) is 38.5 Å². The quantitative estimate of drug-likeness (QED) is 0.845. The first-order valence-corrected chi connectivity index (χ1v) is 8.45. The Bertz CT molecular complexity index is 458. The molecule has 5 heteroatoms. The smallest absolute Gasteiger partial charge is 0.137 e. The standard InChI is InChI=1S/C16H24BrFN2O/c1-2-8-21-13-4-3-7-20(11-13)16(10-19)12-5-6-14(17)15(18)9-12/h5-6,9,13,16H,2-4,7-8,10-11,19H2,1H3. The fourth-order valence-electron chi connectivity index (χ4n) is 2.89. The molecule has 0 bridgehead atoms. The van der Waals surface area contributed by atoms with Gasteiger partial charge in [0.05, 0.1) is 10.6 Å². The summed E-state index contributed by atoms with van der Waals surface area (Å²) in [6, 6.07) is 5.34. The van der Waals surface area contributed by atoms with Gasteiger partial charge in [0.25, 0.3) is 0 Å². The van der Waals surface area contributed by atoms with Crippen LogP contribution in [-0.2, 0) is 4.74 Å². The average Bonchev–Trinajstić information content (AvgIpc) is 2.50. The van der Waals surface area contributed by atoms with Crippen molar-refractivity contribution < 1.29 is 9.13 Å². The molecule has 0 amide bonds. The van der Waals surface area contributed by atoms with E-state index in [9.17, 15) is 4.39 Å². The number of piperidine rings is 1. The van der Waals surface area contributed by atoms with Crippen molar-refractivity contribution in [2.45, 2.75) is 38.3 Å². The maximum absolute atomic E-state index is 13.8. The molecule has 21 heavy (non-hydrogen) atoms. The van der Waals surface area contributed by atoms with Gasteiger partial charge in [-0.3, -0.25) is 4.90 Å². The predicted molar refractivity (Wildman–Crippen MR) is 86.7 cm³/mol. The lowest BCUT2D eigenvalue weighted by molar-refractivity contribution is -0.0118. The monoisotopic (exact) mass is 358 g/mol. The van der Waals surface area contributed by atoms with E-state index in [0.29, 0.717) is 11.0 Å². The van der Waals surface area contributed by atoms with Gasteiger partial charge in [-0.05, 0) is 59.4 Å². The van der Waals surface area contributed by atoms with Crippen molar-refractivity contribution in [1.29, 1.82) is 0 Å². The highest BCUT2D eigenvalue weighted by atomic mass is 79.9. The molecule has 118 valence electrons. The van der Waals surface area contributed by atoms with E-state index in [1.165, 1.54) is 0 Å². The summed E-state index contributed by atoms with van der Waals surface area (Å²) in [5.74, 6) is -0.234. The first-order valence-electron chi connectivity index (χ1n) is 7.66. The van der Waals surface area contributed by atoms with Crippen LogP contribution in [-0.4, -0.2) is 37.2 Å². The Hall–Kier alpha value is -0.490. The summed E-state index contributed by atoms with van der Waals surface area (Å²) >= 11 is 3.19. The molecule has 3 nitrogen and oxygen atoms in total. The second-order valence-electron chi connectivity index (χ2n) is 5.56. The number of ether oxygens (including phenoxy) is 1. The Morgan fingerprint density at radius 2 is 2.33 bits per heavy atom. The van der Waals surface area contributed by atoms with Gasteiger partial charge in [0.2, 0.25) is 0 Å². The molecule has 2 rings (SSSR count). The van der Waals surface area contributed by atoms with E-state index >= 15 is 0 Å². The lowest BCUT2D eigenvalue weighted by Crippen LogP contribution is -2.44. The van der Waals surface area contributed by atoms with Crippen LogP contribution < -0.4 is 5.73 Å². The molecule has 0 saturated carbocycles. The highest BCUT2D eigenvalue weighted by Gasteiger charge is 2.26. The molecule has 2 atom stereocenters. The van der Waals surface area contributed by atoms with E-state index in [1.54, 1.807) is 12.1 Å². The summed E-state index contributed by atoms with van der Waals surface area (Å²) in [5.41, 5.74) is 6.89. The summed E-state index contributed by atoms with van der Waals surface area (Å²) in [4.78, 5) is 2.33. The number of benzene rings is 1. The van der Waals surface area contributed by atoms with Crippen molar-refractivity contribution in [2.75, 3.05) is 26.2 Å². The number of halogens is 2. The van der Waals surface area contributed by atoms with Gasteiger partial charge < -0.3 is 10.5 Å². The number of nitrogens with two attached hydrogens (primary N) is 1. The van der Waals surface area contributed by atoms with Gasteiger partial charge in [0.15, 0.2) is 0 Å². The average molecular weight is 359 g/mol. The summed E-state index contributed by atoms with van der Waals surface area (Å²) in [6.07, 6.45) is 3.51. The van der Waals surface area contributed by atoms with Crippen molar-refractivity contribution in [3.63, 3.8) is 0 Å². The zero-order chi connectivity index (χ0) is 15.2. The Morgan fingerprint density at radius 1 is 1.52 bits per heavy atom. The number of nitrogens with zero attached hydrogens (tertiary/aromatic N) is 1. The van der Waals surface area contributed by atoms with Crippen molar-refractivity contribution in [3.8, 4) is 0 Å². The predicted octanol–water partition coefficient (Wildman–Crippen LogP) is 3.48. The SMILES string of the molecule is CCCOC1CCCN(C(CN)c2ccc(Br)c(F)c2)C1. The van der Waals surface area contributed by atoms with Gasteiger partial charge >= 0.3 is 0 Å². The Labute approximate surface area is 134 Å². The molecular weight excluding hydrogens is 335 g/mol. The van der Waals surface area contributed by atoms with E-state index in [2.05, 4.69) is 27.8 Å². The van der Waals surface area contributed by atoms with Crippen LogP contribution in [0.4, 0.5) is 4.39 Å². The van der Waals surface area contributed by atoms with E-state index in [0.717, 1.165) is 44.5 Å². The number of likely N-dealkylation sites (tertiary alicyclic amines) is 1. The lowest BCUT2D eigenvalue weighted by atomic mass is 10.0. The Kier molecular flexibility index (Phi) is 6.61. The van der Waals surface area contributed by atoms with Gasteiger partial charge in [0.1, 0.15) is 5.82 Å². The van der Waals surface area contributed by atoms with Crippen molar-refractivity contribution >= 4 is 15.9 Å². The molecule has 1 saturated heterocycles. The van der Waals surface area contributed by atoms with E-state index < -0.39 is 0 Å². The molecular formula is C16H24BrFN2O. The summed E-state index contributed by atoms with van der Waals surface area (Å²) in [7, 11) is 0. The van der Waals surface area contributed by atoms with Crippen LogP contribution >= 0.6 is 15.9 Å². The normalized spacial score (nSPS) is 21.4. The molecule has 0 spiro atoms. The molecule has 1 aliphatic heterocycles. The van der Waals surface area contributed by atoms with Gasteiger partial charge in [-0.2, -0.15) is 0 Å². The van der Waals surface area contributed by atoms with Gasteiger partial charge in [-0.15, -0.1) is 0 Å². The summed E-state index contributed by atoms with van der Waals surface area (Å²) in [5, 5.41) is 0. The molecule has 0 aromatic heterocycles. The van der Waals surface area contributed by atoms with Gasteiger partial charge in [-0.25, -0.2) is 4.39 Å². The van der Waals surface area contributed by atoms with Crippen LogP contribution in [0.25, 0.3) is 0 Å². The molecule has 1 fully saturated rings. The van der Waals surface area contributed by atoms with E-state index in [1.807, 2.05) is 6.07 Å². The van der Waals surface area contributed by atoms with Crippen LogP contribution in [0, 0.1) is 5.82 Å². The van der Waals surface area contributed by atoms with Crippen molar-refractivity contribution in [3.05, 3.63) is 34.1 Å². The summed E-state index contributed by atoms with van der Waals surface area (Å²) in [6.45, 7) is 5.28. The molecule has 1 heterocycles. The van der Waals surface area contributed by atoms with E-state index in [-0.39, 0.29) is 18.0 Å². The maximum atomic E-state index is 13.8. The number of rotatable bonds is 6. The van der Waals surface area contributed by atoms with Crippen molar-refractivity contribution in [1.82, 2.24) is 4.90 Å². The minimum absolute atomic E-state index is 0.0561. The first kappa shape index (κ1) is 16.9. The van der Waals surface area contributed by atoms with Gasteiger partial charge in [-0.1, -0.05) is 13.0 Å². The third kappa shape index (κ3) is 4.49. The third-order valence-corrected chi connectivity index (χ3v) is 4.60. The highest BCUT2D eigenvalue weighted by Crippen LogP contribution is 2.27. The maximum Gasteiger partial charge on any atom is 0.137 e. The van der Waals surface area contributed by atoms with Crippen molar-refractivity contribution in [2.24, 2.45) is 5.73 Å². The Morgan fingerprint density at radius 3 is 3.00 bits per heavy atom. The lowest BCUT2D eigenvalue weighted by Gasteiger charge is -2.38. The van der Waals surface area contributed by atoms with E-state index in [4.69, 9.17) is 10.5 Å². The minimum atomic E-state index is -0.234. The minimum Gasteiger partial charge on any atom is -0.377 e. The molecule has 1 aromatic carbocycles. The molecule has 1 aliphatic rings.